The van der Waals surface area contributed by atoms with Gasteiger partial charge < -0.3 is 10.6 Å². The summed E-state index contributed by atoms with van der Waals surface area (Å²) in [5.41, 5.74) is 2.84. The van der Waals surface area contributed by atoms with E-state index in [0.29, 0.717) is 16.8 Å². The molecule has 0 spiro atoms. The Morgan fingerprint density at radius 3 is 2.04 bits per heavy atom. The van der Waals surface area contributed by atoms with Gasteiger partial charge >= 0.3 is 0 Å². The fraction of sp³-hybridized carbons (Fsp3) is 0.0541. The summed E-state index contributed by atoms with van der Waals surface area (Å²) < 4.78 is 1.76. The standard InChI is InChI=1S/C37H28N4O5S/c1-24(37(44)40-33-16-7-5-14-30(33)31-15-6-8-17-34(31)40)47-29-13-9-12-27(23-29)38-36(43)32(39-35(42)26-10-3-2-4-11-26)22-25-18-20-28(21-19-25)41(45)46/h2-24H,1H3,(H,38,43)(H,39,42)/b32-22+. The molecule has 0 aliphatic heterocycles. The maximum absolute atomic E-state index is 13.8. The molecule has 2 N–H and O–H groups in total. The minimum atomic E-state index is -0.593. The molecule has 232 valence electrons. The molecule has 6 rings (SSSR count). The van der Waals surface area contributed by atoms with Crippen LogP contribution in [0.5, 0.6) is 0 Å². The third-order valence-corrected chi connectivity index (χ3v) is 8.58. The predicted molar refractivity (Wildman–Crippen MR) is 185 cm³/mol. The summed E-state index contributed by atoms with van der Waals surface area (Å²) in [7, 11) is 0. The zero-order valence-corrected chi connectivity index (χ0v) is 25.9. The average Bonchev–Trinajstić information content (AvgIpc) is 3.42. The van der Waals surface area contributed by atoms with Crippen LogP contribution in [0.3, 0.4) is 0 Å². The van der Waals surface area contributed by atoms with Gasteiger partial charge in [-0.3, -0.25) is 29.1 Å². The third kappa shape index (κ3) is 6.82. The Morgan fingerprint density at radius 2 is 1.40 bits per heavy atom. The monoisotopic (exact) mass is 640 g/mol. The average molecular weight is 641 g/mol. The lowest BCUT2D eigenvalue weighted by molar-refractivity contribution is -0.384. The first kappa shape index (κ1) is 31.0. The number of hydrogen-bond donors (Lipinski definition) is 2. The number of nitrogens with zero attached hydrogens (tertiary/aromatic N) is 2. The summed E-state index contributed by atoms with van der Waals surface area (Å²) in [6.07, 6.45) is 1.45. The maximum atomic E-state index is 13.8. The molecule has 0 aliphatic carbocycles. The number of aromatic nitrogens is 1. The van der Waals surface area contributed by atoms with Gasteiger partial charge in [0, 0.05) is 39.1 Å². The Morgan fingerprint density at radius 1 is 0.787 bits per heavy atom. The Hall–Kier alpha value is -6.00. The van der Waals surface area contributed by atoms with Crippen LogP contribution in [-0.2, 0) is 4.79 Å². The summed E-state index contributed by atoms with van der Waals surface area (Å²) in [5.74, 6) is -1.15. The van der Waals surface area contributed by atoms with Crippen LogP contribution in [0.1, 0.15) is 27.6 Å². The Bertz CT molecular complexity index is 2120. The van der Waals surface area contributed by atoms with Crippen molar-refractivity contribution in [3.63, 3.8) is 0 Å². The van der Waals surface area contributed by atoms with E-state index in [1.807, 2.05) is 61.5 Å². The highest BCUT2D eigenvalue weighted by Gasteiger charge is 2.22. The molecular weight excluding hydrogens is 612 g/mol. The van der Waals surface area contributed by atoms with E-state index in [1.165, 1.54) is 42.1 Å². The molecular formula is C37H28N4O5S. The molecule has 0 bridgehead atoms. The van der Waals surface area contributed by atoms with E-state index in [0.717, 1.165) is 26.7 Å². The molecule has 2 amide bonds. The number of para-hydroxylation sites is 2. The van der Waals surface area contributed by atoms with Gasteiger partial charge in [-0.05, 0) is 73.2 Å². The lowest BCUT2D eigenvalue weighted by Gasteiger charge is -2.15. The number of nitrogens with one attached hydrogen (secondary N) is 2. The van der Waals surface area contributed by atoms with Crippen molar-refractivity contribution in [2.45, 2.75) is 17.1 Å². The van der Waals surface area contributed by atoms with Crippen LogP contribution in [0, 0.1) is 10.1 Å². The first-order valence-corrected chi connectivity index (χ1v) is 15.6. The van der Waals surface area contributed by atoms with Gasteiger partial charge in [-0.15, -0.1) is 11.8 Å². The summed E-state index contributed by atoms with van der Waals surface area (Å²) in [4.78, 5) is 51.7. The van der Waals surface area contributed by atoms with E-state index < -0.39 is 22.0 Å². The molecule has 47 heavy (non-hydrogen) atoms. The number of nitro benzene ring substituents is 1. The molecule has 10 heteroatoms. The third-order valence-electron chi connectivity index (χ3n) is 7.50. The van der Waals surface area contributed by atoms with Gasteiger partial charge in [0.1, 0.15) is 5.70 Å². The fourth-order valence-electron chi connectivity index (χ4n) is 5.24. The minimum absolute atomic E-state index is 0.0549. The van der Waals surface area contributed by atoms with Gasteiger partial charge in [-0.25, -0.2) is 0 Å². The first-order chi connectivity index (χ1) is 22.8. The molecule has 0 fully saturated rings. The number of rotatable bonds is 9. The molecule has 1 aromatic heterocycles. The van der Waals surface area contributed by atoms with Gasteiger partial charge in [-0.2, -0.15) is 0 Å². The van der Waals surface area contributed by atoms with Gasteiger partial charge in [0.05, 0.1) is 21.2 Å². The summed E-state index contributed by atoms with van der Waals surface area (Å²) in [6, 6.07) is 36.9. The topological polar surface area (TPSA) is 123 Å². The number of amides is 2. The van der Waals surface area contributed by atoms with Crippen LogP contribution in [0.15, 0.2) is 138 Å². The Kier molecular flexibility index (Phi) is 8.94. The van der Waals surface area contributed by atoms with Crippen LogP contribution in [-0.4, -0.2) is 32.5 Å². The van der Waals surface area contributed by atoms with Crippen molar-refractivity contribution in [2.24, 2.45) is 0 Å². The normalized spacial score (nSPS) is 12.1. The molecule has 0 aliphatic rings. The van der Waals surface area contributed by atoms with Gasteiger partial charge in [0.15, 0.2) is 0 Å². The lowest BCUT2D eigenvalue weighted by Crippen LogP contribution is -2.30. The van der Waals surface area contributed by atoms with Crippen LogP contribution >= 0.6 is 11.8 Å². The van der Waals surface area contributed by atoms with Crippen molar-refractivity contribution in [2.75, 3.05) is 5.32 Å². The highest BCUT2D eigenvalue weighted by Crippen LogP contribution is 2.32. The zero-order valence-electron chi connectivity index (χ0n) is 25.1. The number of carbonyl (C=O) groups is 3. The molecule has 0 saturated heterocycles. The van der Waals surface area contributed by atoms with Gasteiger partial charge in [-0.1, -0.05) is 60.7 Å². The van der Waals surface area contributed by atoms with Gasteiger partial charge in [0.2, 0.25) is 5.91 Å². The maximum Gasteiger partial charge on any atom is 0.272 e. The highest BCUT2D eigenvalue weighted by molar-refractivity contribution is 8.00. The summed E-state index contributed by atoms with van der Waals surface area (Å²) in [6.45, 7) is 1.85. The number of carbonyl (C=O) groups excluding carboxylic acids is 3. The van der Waals surface area contributed by atoms with E-state index >= 15 is 0 Å². The number of fused-ring (bicyclic) bond motifs is 3. The fourth-order valence-corrected chi connectivity index (χ4v) is 6.21. The molecule has 0 radical (unpaired) electrons. The van der Waals surface area contributed by atoms with Crippen molar-refractivity contribution in [3.8, 4) is 0 Å². The second-order valence-corrected chi connectivity index (χ2v) is 12.1. The van der Waals surface area contributed by atoms with E-state index in [9.17, 15) is 24.5 Å². The van der Waals surface area contributed by atoms with Crippen LogP contribution in [0.4, 0.5) is 11.4 Å². The zero-order chi connectivity index (χ0) is 32.9. The number of benzene rings is 5. The number of thioether (sulfide) groups is 1. The largest absolute Gasteiger partial charge is 0.321 e. The van der Waals surface area contributed by atoms with Gasteiger partial charge in [0.25, 0.3) is 17.5 Å². The predicted octanol–water partition coefficient (Wildman–Crippen LogP) is 7.93. The van der Waals surface area contributed by atoms with Crippen LogP contribution in [0.2, 0.25) is 0 Å². The number of anilines is 1. The van der Waals surface area contributed by atoms with Crippen molar-refractivity contribution < 1.29 is 19.3 Å². The van der Waals surface area contributed by atoms with Crippen LogP contribution < -0.4 is 10.6 Å². The SMILES string of the molecule is CC(Sc1cccc(NC(=O)/C(=C\c2ccc([N+](=O)[O-])cc2)NC(=O)c2ccccc2)c1)C(=O)n1c2ccccc2c2ccccc21. The van der Waals surface area contributed by atoms with E-state index in [2.05, 4.69) is 10.6 Å². The van der Waals surface area contributed by atoms with Crippen molar-refractivity contribution in [3.05, 3.63) is 154 Å². The molecule has 1 unspecified atom stereocenters. The van der Waals surface area contributed by atoms with Crippen LogP contribution in [0.25, 0.3) is 27.9 Å². The smallest absolute Gasteiger partial charge is 0.272 e. The quantitative estimate of drug-likeness (QED) is 0.0716. The number of hydrogen-bond acceptors (Lipinski definition) is 6. The lowest BCUT2D eigenvalue weighted by atomic mass is 10.1. The van der Waals surface area contributed by atoms with E-state index in [4.69, 9.17) is 0 Å². The molecule has 1 heterocycles. The second-order valence-electron chi connectivity index (χ2n) is 10.7. The second kappa shape index (κ2) is 13.6. The van der Waals surface area contributed by atoms with Crippen molar-refractivity contribution >= 4 is 68.7 Å². The van der Waals surface area contributed by atoms with E-state index in [1.54, 1.807) is 53.1 Å². The highest BCUT2D eigenvalue weighted by atomic mass is 32.2. The van der Waals surface area contributed by atoms with E-state index in [-0.39, 0.29) is 17.3 Å². The van der Waals surface area contributed by atoms with Crippen molar-refractivity contribution in [1.82, 2.24) is 9.88 Å². The number of nitro groups is 1. The molecule has 0 saturated carbocycles. The number of non-ortho nitro benzene ring substituents is 1. The molecule has 9 nitrogen and oxygen atoms in total. The Labute approximate surface area is 274 Å². The molecule has 5 aromatic carbocycles. The molecule has 1 atom stereocenters. The minimum Gasteiger partial charge on any atom is -0.321 e. The Balaban J connectivity index is 1.23. The summed E-state index contributed by atoms with van der Waals surface area (Å²) in [5, 5.41) is 18.2. The first-order valence-electron chi connectivity index (χ1n) is 14.7. The van der Waals surface area contributed by atoms with Crippen molar-refractivity contribution in [1.29, 1.82) is 0 Å². The molecule has 6 aromatic rings. The summed E-state index contributed by atoms with van der Waals surface area (Å²) >= 11 is 1.37.